The summed E-state index contributed by atoms with van der Waals surface area (Å²) in [5.41, 5.74) is 0. The number of halogens is 1. The molecular formula is C13H12BrN3O2. The van der Waals surface area contributed by atoms with Crippen molar-refractivity contribution in [2.45, 2.75) is 13.0 Å². The quantitative estimate of drug-likeness (QED) is 0.778. The van der Waals surface area contributed by atoms with Crippen molar-refractivity contribution in [2.75, 3.05) is 13.1 Å². The first-order chi connectivity index (χ1) is 9.08. The number of hydrogen-bond acceptors (Lipinski definition) is 4. The molecule has 0 saturated heterocycles. The zero-order valence-electron chi connectivity index (χ0n) is 10.3. The third-order valence-corrected chi connectivity index (χ3v) is 2.84. The maximum absolute atomic E-state index is 12.0. The molecule has 0 bridgehead atoms. The first kappa shape index (κ1) is 15.0. The molecule has 0 heterocycles. The minimum atomic E-state index is -0.747. The van der Waals surface area contributed by atoms with Gasteiger partial charge in [0.05, 0.1) is 12.1 Å². The van der Waals surface area contributed by atoms with E-state index in [9.17, 15) is 4.79 Å². The van der Waals surface area contributed by atoms with Gasteiger partial charge in [-0.2, -0.15) is 10.5 Å². The zero-order chi connectivity index (χ0) is 14.3. The molecule has 19 heavy (non-hydrogen) atoms. The molecule has 0 aromatic heterocycles. The summed E-state index contributed by atoms with van der Waals surface area (Å²) >= 11 is 3.30. The standard InChI is InChI=1S/C13H12BrN3O2/c1-10(13(18)17(8-6-15)9-7-16)19-12-4-2-11(14)3-5-12/h2-5,10H,8-9H2,1H3. The van der Waals surface area contributed by atoms with Gasteiger partial charge in [-0.1, -0.05) is 15.9 Å². The maximum Gasteiger partial charge on any atom is 0.265 e. The number of hydrogen-bond donors (Lipinski definition) is 0. The average Bonchev–Trinajstić information content (AvgIpc) is 2.40. The Morgan fingerprint density at radius 2 is 1.84 bits per heavy atom. The van der Waals surface area contributed by atoms with E-state index in [1.54, 1.807) is 31.2 Å². The molecule has 1 aromatic rings. The van der Waals surface area contributed by atoms with Crippen LogP contribution in [0.15, 0.2) is 28.7 Å². The van der Waals surface area contributed by atoms with Crippen LogP contribution in [-0.4, -0.2) is 30.0 Å². The Morgan fingerprint density at radius 1 is 1.32 bits per heavy atom. The summed E-state index contributed by atoms with van der Waals surface area (Å²) in [6, 6.07) is 10.8. The summed E-state index contributed by atoms with van der Waals surface area (Å²) in [6.07, 6.45) is -0.747. The third-order valence-electron chi connectivity index (χ3n) is 2.31. The fraction of sp³-hybridized carbons (Fsp3) is 0.308. The van der Waals surface area contributed by atoms with Crippen LogP contribution in [0, 0.1) is 22.7 Å². The molecule has 5 nitrogen and oxygen atoms in total. The van der Waals surface area contributed by atoms with E-state index in [-0.39, 0.29) is 19.0 Å². The lowest BCUT2D eigenvalue weighted by Gasteiger charge is -2.21. The van der Waals surface area contributed by atoms with Gasteiger partial charge in [-0.15, -0.1) is 0 Å². The van der Waals surface area contributed by atoms with Crippen LogP contribution < -0.4 is 4.74 Å². The number of nitriles is 2. The van der Waals surface area contributed by atoms with Crippen molar-refractivity contribution < 1.29 is 9.53 Å². The van der Waals surface area contributed by atoms with E-state index in [2.05, 4.69) is 15.9 Å². The molecule has 1 aromatic carbocycles. The van der Waals surface area contributed by atoms with E-state index in [4.69, 9.17) is 15.3 Å². The first-order valence-corrected chi connectivity index (χ1v) is 6.32. The highest BCUT2D eigenvalue weighted by atomic mass is 79.9. The number of carbonyl (C=O) groups is 1. The lowest BCUT2D eigenvalue weighted by atomic mass is 10.3. The molecule has 98 valence electrons. The van der Waals surface area contributed by atoms with Gasteiger partial charge in [0.2, 0.25) is 0 Å². The maximum atomic E-state index is 12.0. The molecule has 0 fully saturated rings. The van der Waals surface area contributed by atoms with Crippen LogP contribution in [0.4, 0.5) is 0 Å². The Kier molecular flexibility index (Phi) is 5.84. The summed E-state index contributed by atoms with van der Waals surface area (Å²) in [5.74, 6) is 0.170. The van der Waals surface area contributed by atoms with E-state index < -0.39 is 6.10 Å². The Labute approximate surface area is 120 Å². The molecule has 1 rings (SSSR count). The van der Waals surface area contributed by atoms with E-state index in [1.165, 1.54) is 0 Å². The van der Waals surface area contributed by atoms with Gasteiger partial charge in [-0.05, 0) is 31.2 Å². The van der Waals surface area contributed by atoms with Crippen molar-refractivity contribution in [1.82, 2.24) is 4.90 Å². The van der Waals surface area contributed by atoms with Crippen LogP contribution in [0.1, 0.15) is 6.92 Å². The van der Waals surface area contributed by atoms with Gasteiger partial charge < -0.3 is 9.64 Å². The van der Waals surface area contributed by atoms with Crippen molar-refractivity contribution >= 4 is 21.8 Å². The van der Waals surface area contributed by atoms with Crippen LogP contribution in [-0.2, 0) is 4.79 Å². The molecule has 0 radical (unpaired) electrons. The number of rotatable bonds is 5. The predicted octanol–water partition coefficient (Wildman–Crippen LogP) is 2.09. The Bertz CT molecular complexity index is 500. The van der Waals surface area contributed by atoms with Gasteiger partial charge in [0.25, 0.3) is 5.91 Å². The van der Waals surface area contributed by atoms with Crippen molar-refractivity contribution in [1.29, 1.82) is 10.5 Å². The lowest BCUT2D eigenvalue weighted by Crippen LogP contribution is -2.40. The lowest BCUT2D eigenvalue weighted by molar-refractivity contribution is -0.136. The van der Waals surface area contributed by atoms with Gasteiger partial charge in [-0.3, -0.25) is 4.79 Å². The van der Waals surface area contributed by atoms with Crippen molar-refractivity contribution in [3.05, 3.63) is 28.7 Å². The molecule has 0 saturated carbocycles. The van der Waals surface area contributed by atoms with E-state index >= 15 is 0 Å². The largest absolute Gasteiger partial charge is 0.481 e. The second-order valence-corrected chi connectivity index (χ2v) is 4.64. The zero-order valence-corrected chi connectivity index (χ0v) is 11.9. The number of nitrogens with zero attached hydrogens (tertiary/aromatic N) is 3. The molecule has 0 aliphatic rings. The molecule has 1 unspecified atom stereocenters. The molecule has 0 N–H and O–H groups in total. The fourth-order valence-corrected chi connectivity index (χ4v) is 1.67. The molecular weight excluding hydrogens is 310 g/mol. The summed E-state index contributed by atoms with van der Waals surface area (Å²) in [7, 11) is 0. The van der Waals surface area contributed by atoms with Crippen molar-refractivity contribution in [3.8, 4) is 17.9 Å². The Morgan fingerprint density at radius 3 is 2.32 bits per heavy atom. The van der Waals surface area contributed by atoms with Crippen LogP contribution >= 0.6 is 15.9 Å². The highest BCUT2D eigenvalue weighted by Crippen LogP contribution is 2.17. The van der Waals surface area contributed by atoms with Crippen LogP contribution in [0.2, 0.25) is 0 Å². The van der Waals surface area contributed by atoms with Crippen LogP contribution in [0.5, 0.6) is 5.75 Å². The monoisotopic (exact) mass is 321 g/mol. The predicted molar refractivity (Wildman–Crippen MR) is 72.0 cm³/mol. The fourth-order valence-electron chi connectivity index (χ4n) is 1.41. The smallest absolute Gasteiger partial charge is 0.265 e. The Hall–Kier alpha value is -2.05. The van der Waals surface area contributed by atoms with Gasteiger partial charge >= 0.3 is 0 Å². The summed E-state index contributed by atoms with van der Waals surface area (Å²) in [6.45, 7) is 1.34. The average molecular weight is 322 g/mol. The summed E-state index contributed by atoms with van der Waals surface area (Å²) < 4.78 is 6.39. The highest BCUT2D eigenvalue weighted by Gasteiger charge is 2.21. The van der Waals surface area contributed by atoms with Gasteiger partial charge in [0.1, 0.15) is 18.8 Å². The van der Waals surface area contributed by atoms with E-state index in [1.807, 2.05) is 12.1 Å². The minimum Gasteiger partial charge on any atom is -0.481 e. The topological polar surface area (TPSA) is 77.1 Å². The first-order valence-electron chi connectivity index (χ1n) is 5.53. The van der Waals surface area contributed by atoms with Crippen molar-refractivity contribution in [2.24, 2.45) is 0 Å². The molecule has 6 heteroatoms. The minimum absolute atomic E-state index is 0.125. The van der Waals surface area contributed by atoms with Gasteiger partial charge in [0.15, 0.2) is 6.10 Å². The van der Waals surface area contributed by atoms with Crippen LogP contribution in [0.25, 0.3) is 0 Å². The molecule has 1 amide bonds. The number of amides is 1. The molecule has 0 spiro atoms. The normalized spacial score (nSPS) is 10.9. The van der Waals surface area contributed by atoms with Gasteiger partial charge in [-0.25, -0.2) is 0 Å². The second kappa shape index (κ2) is 7.40. The SMILES string of the molecule is CC(Oc1ccc(Br)cc1)C(=O)N(CC#N)CC#N. The molecule has 1 atom stereocenters. The number of carbonyl (C=O) groups excluding carboxylic acids is 1. The number of ether oxygens (including phenoxy) is 1. The van der Waals surface area contributed by atoms with E-state index in [0.29, 0.717) is 5.75 Å². The van der Waals surface area contributed by atoms with Crippen LogP contribution in [0.3, 0.4) is 0 Å². The molecule has 0 aliphatic carbocycles. The number of benzene rings is 1. The second-order valence-electron chi connectivity index (χ2n) is 3.72. The summed E-state index contributed by atoms with van der Waals surface area (Å²) in [5, 5.41) is 17.2. The highest BCUT2D eigenvalue weighted by molar-refractivity contribution is 9.10. The van der Waals surface area contributed by atoms with Gasteiger partial charge in [0, 0.05) is 4.47 Å². The van der Waals surface area contributed by atoms with E-state index in [0.717, 1.165) is 9.37 Å². The Balaban J connectivity index is 2.68. The van der Waals surface area contributed by atoms with Crippen molar-refractivity contribution in [3.63, 3.8) is 0 Å². The third kappa shape index (κ3) is 4.61. The summed E-state index contributed by atoms with van der Waals surface area (Å²) in [4.78, 5) is 13.1. The molecule has 0 aliphatic heterocycles.